The first kappa shape index (κ1) is 17.4. The fraction of sp³-hybridized carbons (Fsp3) is 0.130. The molecule has 0 saturated heterocycles. The van der Waals surface area contributed by atoms with Crippen LogP contribution in [0.4, 0.5) is 15.9 Å². The molecule has 2 heterocycles. The number of hydrogen-bond acceptors (Lipinski definition) is 4. The van der Waals surface area contributed by atoms with Gasteiger partial charge in [0.2, 0.25) is 0 Å². The minimum Gasteiger partial charge on any atom is -0.469 e. The summed E-state index contributed by atoms with van der Waals surface area (Å²) < 4.78 is 20.6. The van der Waals surface area contributed by atoms with E-state index in [-0.39, 0.29) is 17.5 Å². The molecule has 0 aliphatic heterocycles. The molecule has 0 spiro atoms. The predicted octanol–water partition coefficient (Wildman–Crippen LogP) is 5.26. The molecule has 0 unspecified atom stereocenters. The van der Waals surface area contributed by atoms with Crippen molar-refractivity contribution in [3.05, 3.63) is 95.8 Å². The zero-order chi connectivity index (χ0) is 19.8. The zero-order valence-corrected chi connectivity index (χ0v) is 15.5. The van der Waals surface area contributed by atoms with Crippen LogP contribution in [0.25, 0.3) is 5.69 Å². The highest BCUT2D eigenvalue weighted by atomic mass is 19.1. The second-order valence-electron chi connectivity index (χ2n) is 7.09. The number of nitrogens with zero attached hydrogens (tertiary/aromatic N) is 2. The molecule has 29 heavy (non-hydrogen) atoms. The summed E-state index contributed by atoms with van der Waals surface area (Å²) in [4.78, 5) is 13.1. The SMILES string of the molecule is O=C1C[C@H](c2ccco2)Cc2c1c(Nc1ccc(F)cc1)nn2-c1ccccc1. The summed E-state index contributed by atoms with van der Waals surface area (Å²) in [6.07, 6.45) is 2.63. The second kappa shape index (κ2) is 7.05. The van der Waals surface area contributed by atoms with Crippen LogP contribution in [0.2, 0.25) is 0 Å². The zero-order valence-electron chi connectivity index (χ0n) is 15.5. The predicted molar refractivity (Wildman–Crippen MR) is 107 cm³/mol. The van der Waals surface area contributed by atoms with Crippen LogP contribution in [-0.2, 0) is 6.42 Å². The van der Waals surface area contributed by atoms with E-state index in [2.05, 4.69) is 5.32 Å². The number of ketones is 1. The van der Waals surface area contributed by atoms with Gasteiger partial charge in [-0.05, 0) is 48.5 Å². The highest BCUT2D eigenvalue weighted by Gasteiger charge is 2.34. The van der Waals surface area contributed by atoms with E-state index in [1.165, 1.54) is 12.1 Å². The average Bonchev–Trinajstić information content (AvgIpc) is 3.39. The molecule has 2 aromatic carbocycles. The molecule has 5 nitrogen and oxygen atoms in total. The molecule has 0 amide bonds. The summed E-state index contributed by atoms with van der Waals surface area (Å²) >= 11 is 0. The summed E-state index contributed by atoms with van der Waals surface area (Å²) in [6.45, 7) is 0. The number of Topliss-reactive ketones (excluding diaryl/α,β-unsaturated/α-hetero) is 1. The van der Waals surface area contributed by atoms with Gasteiger partial charge in [-0.3, -0.25) is 4.79 Å². The van der Waals surface area contributed by atoms with Gasteiger partial charge in [-0.2, -0.15) is 0 Å². The molecule has 1 atom stereocenters. The number of carbonyl (C=O) groups is 1. The van der Waals surface area contributed by atoms with Crippen molar-refractivity contribution in [1.82, 2.24) is 9.78 Å². The van der Waals surface area contributed by atoms with Crippen molar-refractivity contribution in [3.63, 3.8) is 0 Å². The number of benzene rings is 2. The maximum Gasteiger partial charge on any atom is 0.169 e. The summed E-state index contributed by atoms with van der Waals surface area (Å²) in [7, 11) is 0. The smallest absolute Gasteiger partial charge is 0.169 e. The molecule has 4 aromatic rings. The summed E-state index contributed by atoms with van der Waals surface area (Å²) in [6, 6.07) is 19.5. The van der Waals surface area contributed by atoms with Crippen LogP contribution in [0.1, 0.15) is 34.2 Å². The largest absolute Gasteiger partial charge is 0.469 e. The molecule has 5 rings (SSSR count). The Morgan fingerprint density at radius 1 is 1.00 bits per heavy atom. The number of anilines is 2. The van der Waals surface area contributed by atoms with Crippen LogP contribution < -0.4 is 5.32 Å². The quantitative estimate of drug-likeness (QED) is 0.519. The maximum absolute atomic E-state index is 13.3. The molecule has 0 saturated carbocycles. The number of aromatic nitrogens is 2. The lowest BCUT2D eigenvalue weighted by Gasteiger charge is -2.21. The van der Waals surface area contributed by atoms with Gasteiger partial charge in [-0.25, -0.2) is 9.07 Å². The maximum atomic E-state index is 13.3. The summed E-state index contributed by atoms with van der Waals surface area (Å²) in [5, 5.41) is 7.89. The van der Waals surface area contributed by atoms with Gasteiger partial charge in [0, 0.05) is 24.4 Å². The molecule has 1 aliphatic rings. The Bertz CT molecular complexity index is 1150. The number of para-hydroxylation sites is 1. The first-order valence-electron chi connectivity index (χ1n) is 9.45. The van der Waals surface area contributed by atoms with Gasteiger partial charge in [0.15, 0.2) is 11.6 Å². The highest BCUT2D eigenvalue weighted by molar-refractivity contribution is 6.03. The van der Waals surface area contributed by atoms with Crippen molar-refractivity contribution in [1.29, 1.82) is 0 Å². The topological polar surface area (TPSA) is 60.1 Å². The summed E-state index contributed by atoms with van der Waals surface area (Å²) in [5.74, 6) is 0.961. The third-order valence-corrected chi connectivity index (χ3v) is 5.18. The number of nitrogens with one attached hydrogen (secondary N) is 1. The van der Waals surface area contributed by atoms with Crippen molar-refractivity contribution in [3.8, 4) is 5.69 Å². The van der Waals surface area contributed by atoms with Crippen LogP contribution >= 0.6 is 0 Å². The number of rotatable bonds is 4. The Hall–Kier alpha value is -3.67. The van der Waals surface area contributed by atoms with Crippen LogP contribution in [-0.4, -0.2) is 15.6 Å². The molecule has 0 fully saturated rings. The van der Waals surface area contributed by atoms with Gasteiger partial charge < -0.3 is 9.73 Å². The molecule has 144 valence electrons. The molecule has 0 radical (unpaired) electrons. The van der Waals surface area contributed by atoms with E-state index >= 15 is 0 Å². The van der Waals surface area contributed by atoms with Crippen molar-refractivity contribution in [2.24, 2.45) is 0 Å². The lowest BCUT2D eigenvalue weighted by atomic mass is 9.85. The van der Waals surface area contributed by atoms with Gasteiger partial charge >= 0.3 is 0 Å². The molecule has 2 aromatic heterocycles. The number of furan rings is 1. The Morgan fingerprint density at radius 2 is 1.79 bits per heavy atom. The standard InChI is InChI=1S/C23H18FN3O2/c24-16-8-10-17(11-9-16)25-23-22-19(27(26-23)18-5-2-1-3-6-18)13-15(14-20(22)28)21-7-4-12-29-21/h1-12,15H,13-14H2,(H,25,26)/t15-/m1/s1. The van der Waals surface area contributed by atoms with Crippen molar-refractivity contribution in [2.45, 2.75) is 18.8 Å². The van der Waals surface area contributed by atoms with Crippen LogP contribution in [0.15, 0.2) is 77.4 Å². The lowest BCUT2D eigenvalue weighted by Crippen LogP contribution is -2.20. The number of fused-ring (bicyclic) bond motifs is 1. The lowest BCUT2D eigenvalue weighted by molar-refractivity contribution is 0.0960. The van der Waals surface area contributed by atoms with E-state index in [1.54, 1.807) is 18.4 Å². The molecule has 1 N–H and O–H groups in total. The van der Waals surface area contributed by atoms with E-state index in [1.807, 2.05) is 47.1 Å². The average molecular weight is 387 g/mol. The van der Waals surface area contributed by atoms with E-state index in [9.17, 15) is 9.18 Å². The van der Waals surface area contributed by atoms with Crippen LogP contribution in [0, 0.1) is 5.82 Å². The normalized spacial score (nSPS) is 15.9. The Morgan fingerprint density at radius 3 is 2.52 bits per heavy atom. The van der Waals surface area contributed by atoms with Crippen molar-refractivity contribution in [2.75, 3.05) is 5.32 Å². The summed E-state index contributed by atoms with van der Waals surface area (Å²) in [5.41, 5.74) is 2.98. The minimum absolute atomic E-state index is 0.0134. The van der Waals surface area contributed by atoms with Gasteiger partial charge in [0.05, 0.1) is 23.2 Å². The van der Waals surface area contributed by atoms with Gasteiger partial charge in [-0.1, -0.05) is 18.2 Å². The first-order chi connectivity index (χ1) is 14.2. The van der Waals surface area contributed by atoms with E-state index in [0.717, 1.165) is 17.1 Å². The third-order valence-electron chi connectivity index (χ3n) is 5.18. The fourth-order valence-electron chi connectivity index (χ4n) is 3.83. The minimum atomic E-state index is -0.315. The Balaban J connectivity index is 1.60. The van der Waals surface area contributed by atoms with Crippen LogP contribution in [0.3, 0.4) is 0 Å². The Kier molecular flexibility index (Phi) is 4.24. The molecular weight excluding hydrogens is 369 g/mol. The van der Waals surface area contributed by atoms with E-state index in [4.69, 9.17) is 9.52 Å². The molecule has 6 heteroatoms. The van der Waals surface area contributed by atoms with E-state index < -0.39 is 0 Å². The molecule has 0 bridgehead atoms. The van der Waals surface area contributed by atoms with Gasteiger partial charge in [-0.15, -0.1) is 5.10 Å². The van der Waals surface area contributed by atoms with Crippen LogP contribution in [0.5, 0.6) is 0 Å². The third kappa shape index (κ3) is 3.23. The van der Waals surface area contributed by atoms with Crippen molar-refractivity contribution < 1.29 is 13.6 Å². The fourth-order valence-corrected chi connectivity index (χ4v) is 3.83. The molecular formula is C23H18FN3O2. The monoisotopic (exact) mass is 387 g/mol. The Labute approximate surface area is 166 Å². The number of carbonyl (C=O) groups excluding carboxylic acids is 1. The van der Waals surface area contributed by atoms with Crippen molar-refractivity contribution >= 4 is 17.3 Å². The number of halogens is 1. The van der Waals surface area contributed by atoms with Gasteiger partial charge in [0.25, 0.3) is 0 Å². The van der Waals surface area contributed by atoms with E-state index in [0.29, 0.717) is 29.9 Å². The second-order valence-corrected chi connectivity index (χ2v) is 7.09. The van der Waals surface area contributed by atoms with Gasteiger partial charge in [0.1, 0.15) is 11.6 Å². The molecule has 1 aliphatic carbocycles. The highest BCUT2D eigenvalue weighted by Crippen LogP contribution is 2.38. The number of hydrogen-bond donors (Lipinski definition) is 1. The first-order valence-corrected chi connectivity index (χ1v) is 9.45.